The van der Waals surface area contributed by atoms with Gasteiger partial charge in [0.1, 0.15) is 12.0 Å². The highest BCUT2D eigenvalue weighted by molar-refractivity contribution is 6.31. The van der Waals surface area contributed by atoms with Crippen molar-refractivity contribution in [1.29, 1.82) is 0 Å². The Hall–Kier alpha value is -2.76. The SMILES string of the molecule is CC(C)Cc1cn(-c2nc(-c3nc4ccccc4[nH]3)co2)c2cc(Cl)ccc12.Cl. The zero-order valence-electron chi connectivity index (χ0n) is 16.0. The lowest BCUT2D eigenvalue weighted by Crippen LogP contribution is -1.94. The third kappa shape index (κ3) is 3.52. The van der Waals surface area contributed by atoms with Crippen molar-refractivity contribution in [3.8, 4) is 17.5 Å². The molecule has 0 unspecified atom stereocenters. The van der Waals surface area contributed by atoms with Gasteiger partial charge in [-0.15, -0.1) is 12.4 Å². The number of rotatable bonds is 4. The van der Waals surface area contributed by atoms with Gasteiger partial charge in [0.25, 0.3) is 0 Å². The molecule has 3 aromatic heterocycles. The molecule has 29 heavy (non-hydrogen) atoms. The molecule has 5 aromatic rings. The summed E-state index contributed by atoms with van der Waals surface area (Å²) in [6.45, 7) is 4.42. The van der Waals surface area contributed by atoms with Crippen molar-refractivity contribution in [3.05, 3.63) is 65.5 Å². The zero-order valence-corrected chi connectivity index (χ0v) is 17.6. The Labute approximate surface area is 179 Å². The summed E-state index contributed by atoms with van der Waals surface area (Å²) in [4.78, 5) is 12.6. The predicted molar refractivity (Wildman–Crippen MR) is 119 cm³/mol. The highest BCUT2D eigenvalue weighted by Crippen LogP contribution is 2.30. The number of H-pyrrole nitrogens is 1. The Morgan fingerprint density at radius 3 is 2.76 bits per heavy atom. The van der Waals surface area contributed by atoms with Gasteiger partial charge in [-0.3, -0.25) is 4.57 Å². The Kier molecular flexibility index (Phi) is 5.11. The number of hydrogen-bond donors (Lipinski definition) is 1. The molecule has 0 atom stereocenters. The van der Waals surface area contributed by atoms with Crippen molar-refractivity contribution in [2.45, 2.75) is 20.3 Å². The largest absolute Gasteiger partial charge is 0.431 e. The first-order chi connectivity index (χ1) is 13.6. The van der Waals surface area contributed by atoms with E-state index >= 15 is 0 Å². The summed E-state index contributed by atoms with van der Waals surface area (Å²) in [5.41, 5.74) is 4.78. The number of aromatic nitrogens is 4. The van der Waals surface area contributed by atoms with Gasteiger partial charge in [0.15, 0.2) is 5.82 Å². The molecule has 0 amide bonds. The van der Waals surface area contributed by atoms with E-state index in [4.69, 9.17) is 16.0 Å². The summed E-state index contributed by atoms with van der Waals surface area (Å²) >= 11 is 6.26. The highest BCUT2D eigenvalue weighted by atomic mass is 35.5. The number of aromatic amines is 1. The van der Waals surface area contributed by atoms with Crippen molar-refractivity contribution < 1.29 is 4.42 Å². The standard InChI is InChI=1S/C22H19ClN4O.ClH/c1-13(2)9-14-11-27(20-10-15(23)7-8-16(14)20)22-26-19(12-28-22)21-24-17-5-3-4-6-18(17)25-21;/h3-8,10-13H,9H2,1-2H3,(H,24,25);1H. The maximum atomic E-state index is 6.26. The minimum atomic E-state index is 0. The first-order valence-electron chi connectivity index (χ1n) is 9.29. The maximum Gasteiger partial charge on any atom is 0.306 e. The molecule has 2 aromatic carbocycles. The average molecular weight is 427 g/mol. The fourth-order valence-electron chi connectivity index (χ4n) is 3.59. The van der Waals surface area contributed by atoms with Crippen molar-refractivity contribution >= 4 is 45.9 Å². The fourth-order valence-corrected chi connectivity index (χ4v) is 3.76. The zero-order chi connectivity index (χ0) is 19.3. The van der Waals surface area contributed by atoms with E-state index in [1.807, 2.05) is 41.0 Å². The van der Waals surface area contributed by atoms with Crippen LogP contribution < -0.4 is 0 Å². The molecule has 5 nitrogen and oxygen atoms in total. The molecule has 0 aliphatic rings. The monoisotopic (exact) mass is 426 g/mol. The molecular formula is C22H20Cl2N4O. The van der Waals surface area contributed by atoms with E-state index in [1.54, 1.807) is 6.26 Å². The first-order valence-corrected chi connectivity index (χ1v) is 9.67. The summed E-state index contributed by atoms with van der Waals surface area (Å²) in [5.74, 6) is 1.23. The van der Waals surface area contributed by atoms with Crippen LogP contribution in [0.1, 0.15) is 19.4 Å². The smallest absolute Gasteiger partial charge is 0.306 e. The molecule has 148 valence electrons. The van der Waals surface area contributed by atoms with Gasteiger partial charge in [0, 0.05) is 16.6 Å². The van der Waals surface area contributed by atoms with Crippen LogP contribution in [0.3, 0.4) is 0 Å². The van der Waals surface area contributed by atoms with Crippen LogP contribution in [0.25, 0.3) is 39.5 Å². The molecule has 0 radical (unpaired) electrons. The van der Waals surface area contributed by atoms with Gasteiger partial charge >= 0.3 is 6.01 Å². The second-order valence-electron chi connectivity index (χ2n) is 7.40. The van der Waals surface area contributed by atoms with Gasteiger partial charge in [0.2, 0.25) is 0 Å². The number of nitrogens with zero attached hydrogens (tertiary/aromatic N) is 3. The highest BCUT2D eigenvalue weighted by Gasteiger charge is 2.17. The second-order valence-corrected chi connectivity index (χ2v) is 7.84. The van der Waals surface area contributed by atoms with Crippen LogP contribution in [0.4, 0.5) is 0 Å². The number of fused-ring (bicyclic) bond motifs is 2. The topological polar surface area (TPSA) is 59.6 Å². The van der Waals surface area contributed by atoms with E-state index in [0.717, 1.165) is 23.0 Å². The number of benzene rings is 2. The van der Waals surface area contributed by atoms with Crippen LogP contribution in [-0.2, 0) is 6.42 Å². The maximum absolute atomic E-state index is 6.26. The van der Waals surface area contributed by atoms with Crippen LogP contribution in [0, 0.1) is 5.92 Å². The number of imidazole rings is 1. The van der Waals surface area contributed by atoms with Gasteiger partial charge in [-0.1, -0.05) is 43.6 Å². The molecule has 0 saturated heterocycles. The Morgan fingerprint density at radius 1 is 1.14 bits per heavy atom. The molecule has 0 spiro atoms. The van der Waals surface area contributed by atoms with Crippen molar-refractivity contribution in [3.63, 3.8) is 0 Å². The number of oxazole rings is 1. The molecule has 0 aliphatic carbocycles. The van der Waals surface area contributed by atoms with Gasteiger partial charge in [-0.2, -0.15) is 4.98 Å². The number of nitrogens with one attached hydrogen (secondary N) is 1. The number of hydrogen-bond acceptors (Lipinski definition) is 3. The Balaban J connectivity index is 0.00000205. The van der Waals surface area contributed by atoms with Crippen LogP contribution >= 0.6 is 24.0 Å². The summed E-state index contributed by atoms with van der Waals surface area (Å²) in [6, 6.07) is 14.3. The summed E-state index contributed by atoms with van der Waals surface area (Å²) in [7, 11) is 0. The van der Waals surface area contributed by atoms with Crippen LogP contribution in [0.2, 0.25) is 5.02 Å². The number of para-hydroxylation sites is 2. The molecule has 1 N–H and O–H groups in total. The normalized spacial score (nSPS) is 11.4. The van der Waals surface area contributed by atoms with E-state index in [0.29, 0.717) is 28.5 Å². The molecule has 0 saturated carbocycles. The summed E-state index contributed by atoms with van der Waals surface area (Å²) in [5, 5.41) is 1.86. The van der Waals surface area contributed by atoms with Gasteiger partial charge in [-0.25, -0.2) is 4.98 Å². The van der Waals surface area contributed by atoms with Gasteiger partial charge < -0.3 is 9.40 Å². The third-order valence-corrected chi connectivity index (χ3v) is 5.04. The second kappa shape index (κ2) is 7.58. The average Bonchev–Trinajstić information content (AvgIpc) is 3.37. The van der Waals surface area contributed by atoms with E-state index in [9.17, 15) is 0 Å². The van der Waals surface area contributed by atoms with Crippen molar-refractivity contribution in [2.75, 3.05) is 0 Å². The molecule has 5 rings (SSSR count). The molecule has 0 aliphatic heterocycles. The number of halogens is 2. The first kappa shape index (κ1) is 19.6. The lowest BCUT2D eigenvalue weighted by atomic mass is 10.0. The lowest BCUT2D eigenvalue weighted by Gasteiger charge is -2.02. The minimum Gasteiger partial charge on any atom is -0.431 e. The van der Waals surface area contributed by atoms with E-state index < -0.39 is 0 Å². The van der Waals surface area contributed by atoms with Crippen molar-refractivity contribution in [2.24, 2.45) is 5.92 Å². The van der Waals surface area contributed by atoms with Gasteiger partial charge in [0.05, 0.1) is 16.6 Å². The Morgan fingerprint density at radius 2 is 1.97 bits per heavy atom. The molecule has 7 heteroatoms. The summed E-state index contributed by atoms with van der Waals surface area (Å²) < 4.78 is 7.78. The fraction of sp³-hybridized carbons (Fsp3) is 0.182. The quantitative estimate of drug-likeness (QED) is 0.359. The Bertz CT molecular complexity index is 1270. The summed E-state index contributed by atoms with van der Waals surface area (Å²) in [6.07, 6.45) is 4.70. The van der Waals surface area contributed by atoms with E-state index in [1.165, 1.54) is 10.9 Å². The van der Waals surface area contributed by atoms with E-state index in [-0.39, 0.29) is 12.4 Å². The predicted octanol–water partition coefficient (Wildman–Crippen LogP) is 6.44. The molecule has 0 bridgehead atoms. The minimum absolute atomic E-state index is 0. The van der Waals surface area contributed by atoms with Crippen LogP contribution in [0.5, 0.6) is 0 Å². The van der Waals surface area contributed by atoms with Crippen LogP contribution in [-0.4, -0.2) is 19.5 Å². The van der Waals surface area contributed by atoms with Crippen LogP contribution in [0.15, 0.2) is 59.3 Å². The van der Waals surface area contributed by atoms with E-state index in [2.05, 4.69) is 41.1 Å². The van der Waals surface area contributed by atoms with Gasteiger partial charge in [-0.05, 0) is 42.2 Å². The van der Waals surface area contributed by atoms with Crippen molar-refractivity contribution in [1.82, 2.24) is 19.5 Å². The molecular weight excluding hydrogens is 407 g/mol. The third-order valence-electron chi connectivity index (χ3n) is 4.81. The lowest BCUT2D eigenvalue weighted by molar-refractivity contribution is 0.531. The molecule has 0 fully saturated rings. The molecule has 3 heterocycles.